The molecule has 2 N–H and O–H groups in total. The van der Waals surface area contributed by atoms with Crippen LogP contribution in [0.5, 0.6) is 0 Å². The lowest BCUT2D eigenvalue weighted by molar-refractivity contribution is 0.115. The molecule has 1 heterocycles. The van der Waals surface area contributed by atoms with Gasteiger partial charge in [-0.1, -0.05) is 0 Å². The number of aromatic nitrogens is 2. The number of nitrogens with zero attached hydrogens (tertiary/aromatic N) is 1. The molecule has 1 aromatic heterocycles. The van der Waals surface area contributed by atoms with E-state index >= 15 is 0 Å². The number of benzene rings is 1. The Morgan fingerprint density at radius 3 is 3.06 bits per heavy atom. The van der Waals surface area contributed by atoms with Crippen molar-refractivity contribution in [2.24, 2.45) is 0 Å². The minimum atomic E-state index is -0.503. The fourth-order valence-corrected chi connectivity index (χ4v) is 1.53. The maximum atomic E-state index is 13.0. The quantitative estimate of drug-likeness (QED) is 0.879. The van der Waals surface area contributed by atoms with Crippen molar-refractivity contribution < 1.29 is 13.9 Å². The number of carbonyl (C=O) groups excluding carboxylic acids is 1. The first-order valence-corrected chi connectivity index (χ1v) is 5.63. The maximum Gasteiger partial charge on any atom is 0.407 e. The van der Waals surface area contributed by atoms with Gasteiger partial charge in [0.1, 0.15) is 11.6 Å². The van der Waals surface area contributed by atoms with E-state index in [9.17, 15) is 9.18 Å². The van der Waals surface area contributed by atoms with E-state index in [4.69, 9.17) is 4.74 Å². The van der Waals surface area contributed by atoms with E-state index < -0.39 is 6.09 Å². The number of imidazole rings is 1. The van der Waals surface area contributed by atoms with Gasteiger partial charge in [-0.15, -0.1) is 0 Å². The second-order valence-electron chi connectivity index (χ2n) is 4.15. The van der Waals surface area contributed by atoms with Crippen LogP contribution in [0, 0.1) is 5.82 Å². The highest BCUT2D eigenvalue weighted by Crippen LogP contribution is 2.12. The van der Waals surface area contributed by atoms with Crippen LogP contribution in [-0.4, -0.2) is 22.2 Å². The first kappa shape index (κ1) is 12.3. The summed E-state index contributed by atoms with van der Waals surface area (Å²) in [6.07, 6.45) is -0.675. The first-order valence-electron chi connectivity index (χ1n) is 5.63. The van der Waals surface area contributed by atoms with E-state index in [0.717, 1.165) is 0 Å². The van der Waals surface area contributed by atoms with Crippen molar-refractivity contribution in [3.05, 3.63) is 29.8 Å². The molecular formula is C12H14FN3O2. The second kappa shape index (κ2) is 5.03. The number of hydrogen-bond donors (Lipinski definition) is 2. The summed E-state index contributed by atoms with van der Waals surface area (Å²) in [6, 6.07) is 4.28. The molecule has 18 heavy (non-hydrogen) atoms. The third-order valence-electron chi connectivity index (χ3n) is 2.24. The Morgan fingerprint density at radius 2 is 2.33 bits per heavy atom. The number of carbonyl (C=O) groups is 1. The molecule has 6 heteroatoms. The lowest BCUT2D eigenvalue weighted by atomic mass is 10.3. The third kappa shape index (κ3) is 2.97. The van der Waals surface area contributed by atoms with E-state index in [1.165, 1.54) is 12.1 Å². The van der Waals surface area contributed by atoms with E-state index in [1.54, 1.807) is 19.9 Å². The van der Waals surface area contributed by atoms with Gasteiger partial charge in [-0.25, -0.2) is 14.2 Å². The summed E-state index contributed by atoms with van der Waals surface area (Å²) in [5, 5.41) is 2.56. The van der Waals surface area contributed by atoms with Gasteiger partial charge in [-0.05, 0) is 32.0 Å². The van der Waals surface area contributed by atoms with Gasteiger partial charge in [0.05, 0.1) is 23.7 Å². The van der Waals surface area contributed by atoms with Crippen molar-refractivity contribution in [1.29, 1.82) is 0 Å². The molecule has 0 saturated carbocycles. The number of rotatable bonds is 3. The Hall–Kier alpha value is -2.11. The number of amides is 1. The van der Waals surface area contributed by atoms with Gasteiger partial charge >= 0.3 is 6.09 Å². The van der Waals surface area contributed by atoms with Crippen molar-refractivity contribution in [2.75, 3.05) is 0 Å². The Bertz CT molecular complexity index is 565. The van der Waals surface area contributed by atoms with Crippen LogP contribution in [-0.2, 0) is 11.3 Å². The molecule has 0 radical (unpaired) electrons. The molecule has 5 nitrogen and oxygen atoms in total. The molecule has 0 saturated heterocycles. The van der Waals surface area contributed by atoms with Crippen molar-refractivity contribution >= 4 is 17.1 Å². The summed E-state index contributed by atoms with van der Waals surface area (Å²) in [6.45, 7) is 3.74. The number of aromatic amines is 1. The molecule has 2 aromatic rings. The number of halogens is 1. The average molecular weight is 251 g/mol. The number of hydrogen-bond acceptors (Lipinski definition) is 3. The molecule has 1 amide bonds. The van der Waals surface area contributed by atoms with Gasteiger partial charge < -0.3 is 15.0 Å². The predicted molar refractivity (Wildman–Crippen MR) is 64.5 cm³/mol. The number of H-pyrrole nitrogens is 1. The van der Waals surface area contributed by atoms with Crippen LogP contribution in [0.1, 0.15) is 19.7 Å². The Labute approximate surface area is 103 Å². The van der Waals surface area contributed by atoms with Crippen LogP contribution in [0.2, 0.25) is 0 Å². The molecule has 0 atom stereocenters. The highest BCUT2D eigenvalue weighted by molar-refractivity contribution is 5.75. The average Bonchev–Trinajstić information content (AvgIpc) is 2.67. The summed E-state index contributed by atoms with van der Waals surface area (Å²) in [5.41, 5.74) is 1.26. The van der Waals surface area contributed by atoms with Gasteiger partial charge in [0.15, 0.2) is 0 Å². The van der Waals surface area contributed by atoms with Crippen LogP contribution < -0.4 is 5.32 Å². The lowest BCUT2D eigenvalue weighted by Crippen LogP contribution is -2.26. The van der Waals surface area contributed by atoms with Crippen molar-refractivity contribution in [2.45, 2.75) is 26.5 Å². The molecule has 0 fully saturated rings. The normalized spacial score (nSPS) is 10.9. The summed E-state index contributed by atoms with van der Waals surface area (Å²) in [4.78, 5) is 18.4. The molecule has 0 aliphatic heterocycles. The topological polar surface area (TPSA) is 67.0 Å². The van der Waals surface area contributed by atoms with E-state index in [0.29, 0.717) is 16.9 Å². The molecule has 0 spiro atoms. The van der Waals surface area contributed by atoms with Gasteiger partial charge in [0.2, 0.25) is 0 Å². The molecule has 0 aliphatic carbocycles. The zero-order valence-electron chi connectivity index (χ0n) is 10.2. The van der Waals surface area contributed by atoms with Gasteiger partial charge in [-0.3, -0.25) is 0 Å². The first-order chi connectivity index (χ1) is 8.54. The summed E-state index contributed by atoms with van der Waals surface area (Å²) in [5.74, 6) is 0.223. The monoisotopic (exact) mass is 251 g/mol. The summed E-state index contributed by atoms with van der Waals surface area (Å²) < 4.78 is 17.9. The minimum Gasteiger partial charge on any atom is -0.447 e. The number of fused-ring (bicyclic) bond motifs is 1. The molecule has 2 rings (SSSR count). The zero-order chi connectivity index (χ0) is 13.1. The van der Waals surface area contributed by atoms with E-state index in [2.05, 4.69) is 15.3 Å². The fourth-order valence-electron chi connectivity index (χ4n) is 1.53. The molecule has 0 aliphatic rings. The third-order valence-corrected chi connectivity index (χ3v) is 2.24. The van der Waals surface area contributed by atoms with Crippen LogP contribution >= 0.6 is 0 Å². The number of ether oxygens (including phenoxy) is 1. The van der Waals surface area contributed by atoms with Crippen molar-refractivity contribution in [1.82, 2.24) is 15.3 Å². The van der Waals surface area contributed by atoms with Crippen molar-refractivity contribution in [3.63, 3.8) is 0 Å². The van der Waals surface area contributed by atoms with Crippen LogP contribution in [0.25, 0.3) is 11.0 Å². The Balaban J connectivity index is 2.02. The summed E-state index contributed by atoms with van der Waals surface area (Å²) >= 11 is 0. The SMILES string of the molecule is CC(C)OC(=O)NCc1nc2ccc(F)cc2[nH]1. The standard InChI is InChI=1S/C12H14FN3O2/c1-7(2)18-12(17)14-6-11-15-9-4-3-8(13)5-10(9)16-11/h3-5,7H,6H2,1-2H3,(H,14,17)(H,15,16). The second-order valence-corrected chi connectivity index (χ2v) is 4.15. The fraction of sp³-hybridized carbons (Fsp3) is 0.333. The Kier molecular flexibility index (Phi) is 3.45. The van der Waals surface area contributed by atoms with Crippen molar-refractivity contribution in [3.8, 4) is 0 Å². The number of nitrogens with one attached hydrogen (secondary N) is 2. The van der Waals surface area contributed by atoms with Gasteiger partial charge in [0.25, 0.3) is 0 Å². The highest BCUT2D eigenvalue weighted by atomic mass is 19.1. The molecule has 96 valence electrons. The summed E-state index contributed by atoms with van der Waals surface area (Å²) in [7, 11) is 0. The minimum absolute atomic E-state index is 0.172. The van der Waals surface area contributed by atoms with Gasteiger partial charge in [0, 0.05) is 0 Å². The van der Waals surface area contributed by atoms with Gasteiger partial charge in [-0.2, -0.15) is 0 Å². The molecule has 1 aromatic carbocycles. The molecular weight excluding hydrogens is 237 g/mol. The smallest absolute Gasteiger partial charge is 0.407 e. The van der Waals surface area contributed by atoms with Crippen LogP contribution in [0.3, 0.4) is 0 Å². The molecule has 0 bridgehead atoms. The highest BCUT2D eigenvalue weighted by Gasteiger charge is 2.07. The van der Waals surface area contributed by atoms with Crippen LogP contribution in [0.4, 0.5) is 9.18 Å². The predicted octanol–water partition coefficient (Wildman–Crippen LogP) is 2.34. The van der Waals surface area contributed by atoms with E-state index in [-0.39, 0.29) is 18.5 Å². The largest absolute Gasteiger partial charge is 0.447 e. The number of alkyl carbamates (subject to hydrolysis) is 1. The Morgan fingerprint density at radius 1 is 1.56 bits per heavy atom. The maximum absolute atomic E-state index is 13.0. The molecule has 0 unspecified atom stereocenters. The zero-order valence-corrected chi connectivity index (χ0v) is 10.2. The van der Waals surface area contributed by atoms with Crippen LogP contribution in [0.15, 0.2) is 18.2 Å². The lowest BCUT2D eigenvalue weighted by Gasteiger charge is -2.07. The van der Waals surface area contributed by atoms with E-state index in [1.807, 2.05) is 0 Å².